The lowest BCUT2D eigenvalue weighted by Crippen LogP contribution is -2.38. The predicted molar refractivity (Wildman–Crippen MR) is 109 cm³/mol. The molecule has 1 aromatic heterocycles. The number of carbonyl (C=O) groups excluding carboxylic acids is 1. The molecule has 1 aromatic carbocycles. The van der Waals surface area contributed by atoms with Crippen molar-refractivity contribution in [2.75, 3.05) is 5.32 Å². The van der Waals surface area contributed by atoms with Crippen LogP contribution in [-0.2, 0) is 12.8 Å². The van der Waals surface area contributed by atoms with E-state index >= 15 is 0 Å². The van der Waals surface area contributed by atoms with Crippen molar-refractivity contribution < 1.29 is 4.79 Å². The van der Waals surface area contributed by atoms with Gasteiger partial charge in [-0.05, 0) is 53.9 Å². The van der Waals surface area contributed by atoms with Crippen molar-refractivity contribution in [1.29, 1.82) is 0 Å². The molecule has 3 nitrogen and oxygen atoms in total. The number of rotatable bonds is 3. The standard InChI is InChI=1S/C21H25ClN2OS/c1-4-21(2,3)13-8-9-15-16(11-13)26-20-17(15)19(25)23-18(24-20)12-6-5-7-14(22)10-12/h5-7,10,13,18,24H,4,8-9,11H2,1-3H3,(H,23,25). The fourth-order valence-corrected chi connectivity index (χ4v) is 5.66. The molecule has 0 saturated carbocycles. The first-order chi connectivity index (χ1) is 12.4. The van der Waals surface area contributed by atoms with Crippen LogP contribution in [0.15, 0.2) is 24.3 Å². The van der Waals surface area contributed by atoms with Crippen molar-refractivity contribution in [1.82, 2.24) is 5.32 Å². The molecular formula is C21H25ClN2OS. The third kappa shape index (κ3) is 3.03. The van der Waals surface area contributed by atoms with E-state index in [1.54, 1.807) is 11.3 Å². The summed E-state index contributed by atoms with van der Waals surface area (Å²) in [4.78, 5) is 14.2. The summed E-state index contributed by atoms with van der Waals surface area (Å²) in [6.45, 7) is 7.02. The van der Waals surface area contributed by atoms with E-state index in [1.165, 1.54) is 23.3 Å². The van der Waals surface area contributed by atoms with E-state index < -0.39 is 0 Å². The number of amides is 1. The lowest BCUT2D eigenvalue weighted by atomic mass is 9.69. The molecule has 138 valence electrons. The maximum atomic E-state index is 12.8. The maximum Gasteiger partial charge on any atom is 0.256 e. The summed E-state index contributed by atoms with van der Waals surface area (Å²) in [5, 5.41) is 8.32. The molecule has 2 N–H and O–H groups in total. The monoisotopic (exact) mass is 388 g/mol. The smallest absolute Gasteiger partial charge is 0.256 e. The van der Waals surface area contributed by atoms with Crippen LogP contribution < -0.4 is 10.6 Å². The Labute approximate surface area is 164 Å². The Kier molecular flexibility index (Phi) is 4.52. The number of thiophene rings is 1. The minimum Gasteiger partial charge on any atom is -0.353 e. The molecule has 1 amide bonds. The van der Waals surface area contributed by atoms with Gasteiger partial charge in [0.1, 0.15) is 11.2 Å². The van der Waals surface area contributed by atoms with Crippen LogP contribution in [0.3, 0.4) is 0 Å². The quantitative estimate of drug-likeness (QED) is 0.697. The molecule has 1 aliphatic heterocycles. The average molecular weight is 389 g/mol. The Bertz CT molecular complexity index is 858. The SMILES string of the molecule is CCC(C)(C)C1CCc2c(sc3c2C(=O)NC(c2cccc(Cl)c2)N3)C1. The molecule has 2 heterocycles. The normalized spacial score (nSPS) is 22.2. The van der Waals surface area contributed by atoms with E-state index in [0.29, 0.717) is 16.4 Å². The molecule has 0 fully saturated rings. The molecular weight excluding hydrogens is 364 g/mol. The van der Waals surface area contributed by atoms with Crippen LogP contribution >= 0.6 is 22.9 Å². The van der Waals surface area contributed by atoms with E-state index in [4.69, 9.17) is 11.6 Å². The van der Waals surface area contributed by atoms with Gasteiger partial charge in [-0.15, -0.1) is 11.3 Å². The summed E-state index contributed by atoms with van der Waals surface area (Å²) >= 11 is 7.89. The second kappa shape index (κ2) is 6.58. The van der Waals surface area contributed by atoms with Crippen LogP contribution in [-0.4, -0.2) is 5.91 Å². The predicted octanol–water partition coefficient (Wildman–Crippen LogP) is 5.80. The molecule has 0 radical (unpaired) electrons. The number of carbonyl (C=O) groups is 1. The number of fused-ring (bicyclic) bond motifs is 3. The Balaban J connectivity index is 1.64. The molecule has 1 aliphatic carbocycles. The van der Waals surface area contributed by atoms with Gasteiger partial charge in [-0.25, -0.2) is 0 Å². The van der Waals surface area contributed by atoms with Gasteiger partial charge >= 0.3 is 0 Å². The molecule has 2 aliphatic rings. The second-order valence-corrected chi connectivity index (χ2v) is 9.64. The third-order valence-corrected chi connectivity index (χ3v) is 7.66. The van der Waals surface area contributed by atoms with Crippen LogP contribution in [0.2, 0.25) is 5.02 Å². The summed E-state index contributed by atoms with van der Waals surface area (Å²) in [6.07, 6.45) is 4.23. The number of halogens is 1. The molecule has 0 spiro atoms. The van der Waals surface area contributed by atoms with E-state index in [9.17, 15) is 4.79 Å². The Hall–Kier alpha value is -1.52. The highest BCUT2D eigenvalue weighted by Gasteiger charge is 2.37. The highest BCUT2D eigenvalue weighted by Crippen LogP contribution is 2.46. The van der Waals surface area contributed by atoms with Crippen molar-refractivity contribution in [2.24, 2.45) is 11.3 Å². The zero-order valence-electron chi connectivity index (χ0n) is 15.5. The van der Waals surface area contributed by atoms with Gasteiger partial charge < -0.3 is 10.6 Å². The molecule has 2 atom stereocenters. The summed E-state index contributed by atoms with van der Waals surface area (Å²) in [5.41, 5.74) is 3.47. The number of benzene rings is 1. The highest BCUT2D eigenvalue weighted by molar-refractivity contribution is 7.16. The molecule has 26 heavy (non-hydrogen) atoms. The first-order valence-corrected chi connectivity index (χ1v) is 10.6. The lowest BCUT2D eigenvalue weighted by Gasteiger charge is -2.36. The van der Waals surface area contributed by atoms with Crippen LogP contribution in [0.1, 0.15) is 66.1 Å². The topological polar surface area (TPSA) is 41.1 Å². The van der Waals surface area contributed by atoms with Crippen molar-refractivity contribution in [3.05, 3.63) is 50.9 Å². The minimum atomic E-state index is -0.225. The molecule has 4 rings (SSSR count). The zero-order chi connectivity index (χ0) is 18.5. The van der Waals surface area contributed by atoms with Crippen LogP contribution in [0.5, 0.6) is 0 Å². The zero-order valence-corrected chi connectivity index (χ0v) is 17.1. The van der Waals surface area contributed by atoms with Gasteiger partial charge in [0.05, 0.1) is 5.56 Å². The van der Waals surface area contributed by atoms with Crippen molar-refractivity contribution in [2.45, 2.75) is 52.6 Å². The Morgan fingerprint density at radius 1 is 1.31 bits per heavy atom. The fourth-order valence-electron chi connectivity index (χ4n) is 4.11. The number of hydrogen-bond acceptors (Lipinski definition) is 3. The fraction of sp³-hybridized carbons (Fsp3) is 0.476. The minimum absolute atomic E-state index is 0.0365. The van der Waals surface area contributed by atoms with Crippen molar-refractivity contribution >= 4 is 33.8 Å². The number of anilines is 1. The Morgan fingerprint density at radius 3 is 2.85 bits per heavy atom. The van der Waals surface area contributed by atoms with E-state index in [0.717, 1.165) is 29.0 Å². The van der Waals surface area contributed by atoms with Crippen LogP contribution in [0, 0.1) is 11.3 Å². The maximum absolute atomic E-state index is 12.8. The Morgan fingerprint density at radius 2 is 2.12 bits per heavy atom. The van der Waals surface area contributed by atoms with Crippen LogP contribution in [0.25, 0.3) is 0 Å². The van der Waals surface area contributed by atoms with Gasteiger partial charge in [-0.3, -0.25) is 4.79 Å². The molecule has 2 aromatic rings. The molecule has 2 unspecified atom stereocenters. The van der Waals surface area contributed by atoms with Gasteiger partial charge in [0.15, 0.2) is 0 Å². The van der Waals surface area contributed by atoms with E-state index in [2.05, 4.69) is 31.4 Å². The van der Waals surface area contributed by atoms with Gasteiger partial charge in [0.25, 0.3) is 5.91 Å². The summed E-state index contributed by atoms with van der Waals surface area (Å²) in [7, 11) is 0. The van der Waals surface area contributed by atoms with Gasteiger partial charge in [-0.1, -0.05) is 50.9 Å². The van der Waals surface area contributed by atoms with Crippen molar-refractivity contribution in [3.8, 4) is 0 Å². The summed E-state index contributed by atoms with van der Waals surface area (Å²) in [6, 6.07) is 7.65. The number of nitrogens with one attached hydrogen (secondary N) is 2. The summed E-state index contributed by atoms with van der Waals surface area (Å²) < 4.78 is 0. The molecule has 5 heteroatoms. The first kappa shape index (κ1) is 17.9. The molecule has 0 bridgehead atoms. The number of hydrogen-bond donors (Lipinski definition) is 2. The summed E-state index contributed by atoms with van der Waals surface area (Å²) in [5.74, 6) is 0.723. The largest absolute Gasteiger partial charge is 0.353 e. The van der Waals surface area contributed by atoms with Gasteiger partial charge in [0, 0.05) is 9.90 Å². The highest BCUT2D eigenvalue weighted by atomic mass is 35.5. The van der Waals surface area contributed by atoms with E-state index in [-0.39, 0.29) is 12.1 Å². The van der Waals surface area contributed by atoms with Crippen molar-refractivity contribution in [3.63, 3.8) is 0 Å². The average Bonchev–Trinajstić information content (AvgIpc) is 2.99. The third-order valence-electron chi connectivity index (χ3n) is 6.24. The van der Waals surface area contributed by atoms with Gasteiger partial charge in [-0.2, -0.15) is 0 Å². The lowest BCUT2D eigenvalue weighted by molar-refractivity contribution is 0.0934. The second-order valence-electron chi connectivity index (χ2n) is 8.10. The van der Waals surface area contributed by atoms with Gasteiger partial charge in [0.2, 0.25) is 0 Å². The van der Waals surface area contributed by atoms with E-state index in [1.807, 2.05) is 24.3 Å². The molecule has 0 saturated heterocycles. The first-order valence-electron chi connectivity index (χ1n) is 9.36. The van der Waals surface area contributed by atoms with Crippen LogP contribution in [0.4, 0.5) is 5.00 Å².